The van der Waals surface area contributed by atoms with E-state index in [1.54, 1.807) is 0 Å². The Kier molecular flexibility index (Phi) is 16.4. The molecule has 1 N–H and O–H groups in total. The van der Waals surface area contributed by atoms with Crippen molar-refractivity contribution in [3.05, 3.63) is 12.2 Å². The van der Waals surface area contributed by atoms with E-state index in [9.17, 15) is 0 Å². The third kappa shape index (κ3) is 14.0. The average molecular weight is 286 g/mol. The van der Waals surface area contributed by atoms with Crippen LogP contribution in [0.1, 0.15) is 71.6 Å². The summed E-state index contributed by atoms with van der Waals surface area (Å²) in [4.78, 5) is 0. The highest BCUT2D eigenvalue weighted by Crippen LogP contribution is 2.10. The molecule has 0 aromatic heterocycles. The summed E-state index contributed by atoms with van der Waals surface area (Å²) in [5.74, 6) is 0. The van der Waals surface area contributed by atoms with Gasteiger partial charge in [-0.3, -0.25) is 0 Å². The number of hydrogen-bond donors (Lipinski definition) is 1. The predicted octanol–water partition coefficient (Wildman–Crippen LogP) is 4.44. The van der Waals surface area contributed by atoms with Gasteiger partial charge in [0.25, 0.3) is 0 Å². The van der Waals surface area contributed by atoms with Crippen LogP contribution in [0.4, 0.5) is 0 Å². The summed E-state index contributed by atoms with van der Waals surface area (Å²) in [6.45, 7) is 6.21. The average Bonchev–Trinajstić information content (AvgIpc) is 2.46. The number of unbranched alkanes of at least 4 members (excludes halogenated alkanes) is 4. The molecule has 0 saturated carbocycles. The van der Waals surface area contributed by atoms with Gasteiger partial charge in [-0.1, -0.05) is 38.8 Å². The van der Waals surface area contributed by atoms with Crippen molar-refractivity contribution in [1.82, 2.24) is 0 Å². The second-order valence-corrected chi connectivity index (χ2v) is 5.15. The Labute approximate surface area is 125 Å². The zero-order valence-corrected chi connectivity index (χ0v) is 13.5. The fourth-order valence-electron chi connectivity index (χ4n) is 1.82. The van der Waals surface area contributed by atoms with Gasteiger partial charge in [0.05, 0.1) is 0 Å². The van der Waals surface area contributed by atoms with Crippen molar-refractivity contribution in [3.8, 4) is 0 Å². The van der Waals surface area contributed by atoms with Crippen LogP contribution in [0.25, 0.3) is 0 Å². The van der Waals surface area contributed by atoms with Crippen LogP contribution in [-0.2, 0) is 9.47 Å². The summed E-state index contributed by atoms with van der Waals surface area (Å²) >= 11 is 0. The molecule has 0 bridgehead atoms. The molecule has 3 heteroatoms. The van der Waals surface area contributed by atoms with Gasteiger partial charge in [0.15, 0.2) is 6.29 Å². The highest BCUT2D eigenvalue weighted by atomic mass is 16.7. The van der Waals surface area contributed by atoms with E-state index < -0.39 is 0 Å². The van der Waals surface area contributed by atoms with Gasteiger partial charge in [-0.15, -0.1) is 0 Å². The van der Waals surface area contributed by atoms with E-state index in [4.69, 9.17) is 14.6 Å². The molecule has 3 nitrogen and oxygen atoms in total. The molecule has 120 valence electrons. The van der Waals surface area contributed by atoms with Crippen LogP contribution >= 0.6 is 0 Å². The quantitative estimate of drug-likeness (QED) is 0.275. The van der Waals surface area contributed by atoms with E-state index in [1.165, 1.54) is 0 Å². The van der Waals surface area contributed by atoms with Crippen molar-refractivity contribution < 1.29 is 14.6 Å². The lowest BCUT2D eigenvalue weighted by Gasteiger charge is -2.18. The van der Waals surface area contributed by atoms with Crippen molar-refractivity contribution in [2.24, 2.45) is 0 Å². The number of aliphatic hydroxyl groups is 1. The second-order valence-electron chi connectivity index (χ2n) is 5.15. The Morgan fingerprint density at radius 2 is 1.45 bits per heavy atom. The first-order valence-electron chi connectivity index (χ1n) is 8.34. The first-order valence-corrected chi connectivity index (χ1v) is 8.34. The maximum absolute atomic E-state index is 8.66. The lowest BCUT2D eigenvalue weighted by Crippen LogP contribution is -2.18. The van der Waals surface area contributed by atoms with E-state index in [1.807, 2.05) is 6.08 Å². The van der Waals surface area contributed by atoms with Gasteiger partial charge in [0.1, 0.15) is 0 Å². The lowest BCUT2D eigenvalue weighted by molar-refractivity contribution is -0.147. The summed E-state index contributed by atoms with van der Waals surface area (Å²) in [5.41, 5.74) is 0. The molecule has 0 amide bonds. The molecule has 0 radical (unpaired) electrons. The first-order chi connectivity index (χ1) is 9.85. The highest BCUT2D eigenvalue weighted by molar-refractivity contribution is 4.80. The van der Waals surface area contributed by atoms with Crippen LogP contribution in [0.5, 0.6) is 0 Å². The third-order valence-electron chi connectivity index (χ3n) is 3.13. The molecule has 0 aromatic rings. The Morgan fingerprint density at radius 1 is 0.850 bits per heavy atom. The fraction of sp³-hybridized carbons (Fsp3) is 0.882. The molecule has 0 spiro atoms. The fourth-order valence-corrected chi connectivity index (χ4v) is 1.82. The molecule has 0 saturated heterocycles. The summed E-state index contributed by atoms with van der Waals surface area (Å²) in [7, 11) is 0. The molecule has 0 fully saturated rings. The molecule has 0 rings (SSSR count). The molecular formula is C17H34O3. The van der Waals surface area contributed by atoms with Crippen molar-refractivity contribution in [1.29, 1.82) is 0 Å². The third-order valence-corrected chi connectivity index (χ3v) is 3.13. The Hall–Kier alpha value is -0.380. The first kappa shape index (κ1) is 19.6. The topological polar surface area (TPSA) is 38.7 Å². The molecule has 0 atom stereocenters. The molecule has 0 heterocycles. The Balaban J connectivity index is 3.66. The van der Waals surface area contributed by atoms with Crippen LogP contribution in [-0.4, -0.2) is 31.2 Å². The monoisotopic (exact) mass is 286 g/mol. The summed E-state index contributed by atoms with van der Waals surface area (Å²) in [6, 6.07) is 0. The van der Waals surface area contributed by atoms with Gasteiger partial charge in [0, 0.05) is 19.8 Å². The standard InChI is InChI=1S/C17H34O3/c1-3-5-15-19-17(20-16-6-4-2)13-11-9-7-8-10-12-14-18/h8,10,17-18H,3-7,9,11-16H2,1-2H3/b10-8+. The van der Waals surface area contributed by atoms with Crippen LogP contribution in [0, 0.1) is 0 Å². The smallest absolute Gasteiger partial charge is 0.157 e. The van der Waals surface area contributed by atoms with Crippen molar-refractivity contribution in [3.63, 3.8) is 0 Å². The summed E-state index contributed by atoms with van der Waals surface area (Å²) in [5, 5.41) is 8.66. The maximum Gasteiger partial charge on any atom is 0.157 e. The summed E-state index contributed by atoms with van der Waals surface area (Å²) < 4.78 is 11.6. The van der Waals surface area contributed by atoms with Crippen LogP contribution < -0.4 is 0 Å². The van der Waals surface area contributed by atoms with E-state index in [0.29, 0.717) is 0 Å². The number of ether oxygens (including phenoxy) is 2. The minimum atomic E-state index is -0.0190. The van der Waals surface area contributed by atoms with Crippen molar-refractivity contribution >= 4 is 0 Å². The second kappa shape index (κ2) is 16.7. The SMILES string of the molecule is CCCCOC(CCCC/C=C/CCO)OCCCC. The van der Waals surface area contributed by atoms with Crippen LogP contribution in [0.2, 0.25) is 0 Å². The summed E-state index contributed by atoms with van der Waals surface area (Å²) in [6.07, 6.45) is 13.9. The van der Waals surface area contributed by atoms with E-state index in [2.05, 4.69) is 19.9 Å². The molecule has 20 heavy (non-hydrogen) atoms. The highest BCUT2D eigenvalue weighted by Gasteiger charge is 2.08. The predicted molar refractivity (Wildman–Crippen MR) is 84.8 cm³/mol. The number of hydrogen-bond acceptors (Lipinski definition) is 3. The Bertz CT molecular complexity index is 194. The molecular weight excluding hydrogens is 252 g/mol. The van der Waals surface area contributed by atoms with E-state index in [0.717, 1.165) is 71.0 Å². The molecule has 0 aliphatic heterocycles. The van der Waals surface area contributed by atoms with Crippen molar-refractivity contribution in [2.75, 3.05) is 19.8 Å². The van der Waals surface area contributed by atoms with E-state index in [-0.39, 0.29) is 12.9 Å². The van der Waals surface area contributed by atoms with Gasteiger partial charge in [0.2, 0.25) is 0 Å². The minimum absolute atomic E-state index is 0.0190. The van der Waals surface area contributed by atoms with Crippen LogP contribution in [0.15, 0.2) is 12.2 Å². The Morgan fingerprint density at radius 3 is 2.00 bits per heavy atom. The number of allylic oxidation sites excluding steroid dienone is 1. The number of rotatable bonds is 15. The van der Waals surface area contributed by atoms with Gasteiger partial charge < -0.3 is 14.6 Å². The maximum atomic E-state index is 8.66. The van der Waals surface area contributed by atoms with Gasteiger partial charge in [-0.25, -0.2) is 0 Å². The minimum Gasteiger partial charge on any atom is -0.396 e. The lowest BCUT2D eigenvalue weighted by atomic mass is 10.1. The molecule has 0 aliphatic carbocycles. The largest absolute Gasteiger partial charge is 0.396 e. The zero-order valence-electron chi connectivity index (χ0n) is 13.5. The van der Waals surface area contributed by atoms with Gasteiger partial charge in [-0.05, 0) is 44.9 Å². The van der Waals surface area contributed by atoms with Crippen molar-refractivity contribution in [2.45, 2.75) is 77.9 Å². The number of aliphatic hydroxyl groups excluding tert-OH is 1. The zero-order chi connectivity index (χ0) is 14.9. The molecule has 0 aromatic carbocycles. The van der Waals surface area contributed by atoms with Gasteiger partial charge in [-0.2, -0.15) is 0 Å². The molecule has 0 unspecified atom stereocenters. The molecule has 0 aliphatic rings. The van der Waals surface area contributed by atoms with Gasteiger partial charge >= 0.3 is 0 Å². The van der Waals surface area contributed by atoms with Crippen LogP contribution in [0.3, 0.4) is 0 Å². The normalized spacial score (nSPS) is 11.8. The van der Waals surface area contributed by atoms with E-state index >= 15 is 0 Å².